The Bertz CT molecular complexity index is 1230. The topological polar surface area (TPSA) is 102 Å². The third kappa shape index (κ3) is 3.30. The fraction of sp³-hybridized carbons (Fsp3) is 0.167. The third-order valence-corrected chi connectivity index (χ3v) is 5.90. The average molecular weight is 445 g/mol. The van der Waals surface area contributed by atoms with Gasteiger partial charge in [0.2, 0.25) is 5.91 Å². The maximum atomic E-state index is 13.6. The minimum Gasteiger partial charge on any atom is -0.496 e. The van der Waals surface area contributed by atoms with Gasteiger partial charge in [0.1, 0.15) is 11.7 Å². The minimum atomic E-state index is -1.04. The van der Waals surface area contributed by atoms with E-state index >= 15 is 0 Å². The molecule has 9 heteroatoms. The zero-order valence-electron chi connectivity index (χ0n) is 17.5. The fourth-order valence-electron chi connectivity index (χ4n) is 4.42. The van der Waals surface area contributed by atoms with Crippen LogP contribution < -0.4 is 14.7 Å². The number of carbonyl (C=O) groups is 2. The van der Waals surface area contributed by atoms with Crippen LogP contribution in [0.4, 0.5) is 17.1 Å². The molecule has 33 heavy (non-hydrogen) atoms. The Morgan fingerprint density at radius 2 is 1.55 bits per heavy atom. The Balaban J connectivity index is 1.58. The zero-order chi connectivity index (χ0) is 23.1. The Hall–Kier alpha value is -4.24. The van der Waals surface area contributed by atoms with Crippen LogP contribution in [-0.2, 0) is 14.4 Å². The molecule has 0 aliphatic carbocycles. The van der Waals surface area contributed by atoms with Crippen LogP contribution in [0.25, 0.3) is 0 Å². The van der Waals surface area contributed by atoms with E-state index in [1.165, 1.54) is 24.3 Å². The normalized spacial score (nSPS) is 21.9. The summed E-state index contributed by atoms with van der Waals surface area (Å²) in [6.07, 6.45) is -1.04. The number of rotatable bonds is 5. The SMILES string of the molecule is COc1ccccc1[C@@H]1[C@H]2C(=O)N(c3ccc([N+](=O)[O-])cc3)C(=O)[C@@H]2ON1c1ccccc1. The lowest BCUT2D eigenvalue weighted by Gasteiger charge is -2.29. The van der Waals surface area contributed by atoms with E-state index in [4.69, 9.17) is 9.57 Å². The predicted molar refractivity (Wildman–Crippen MR) is 119 cm³/mol. The lowest BCUT2D eigenvalue weighted by atomic mass is 9.90. The molecular weight excluding hydrogens is 426 g/mol. The van der Waals surface area contributed by atoms with Crippen molar-refractivity contribution in [3.05, 3.63) is 94.5 Å². The van der Waals surface area contributed by atoms with Gasteiger partial charge in [-0.05, 0) is 30.3 Å². The average Bonchev–Trinajstić information content (AvgIpc) is 3.35. The highest BCUT2D eigenvalue weighted by Crippen LogP contribution is 2.49. The summed E-state index contributed by atoms with van der Waals surface area (Å²) in [5.74, 6) is -1.21. The number of benzene rings is 3. The number of anilines is 2. The van der Waals surface area contributed by atoms with Crippen LogP contribution >= 0.6 is 0 Å². The van der Waals surface area contributed by atoms with Crippen LogP contribution in [0.5, 0.6) is 5.75 Å². The molecule has 0 N–H and O–H groups in total. The smallest absolute Gasteiger partial charge is 0.269 e. The van der Waals surface area contributed by atoms with E-state index in [2.05, 4.69) is 0 Å². The number of non-ortho nitro benzene ring substituents is 1. The summed E-state index contributed by atoms with van der Waals surface area (Å²) < 4.78 is 5.54. The van der Waals surface area contributed by atoms with Gasteiger partial charge in [-0.1, -0.05) is 36.4 Å². The Labute approximate surface area is 188 Å². The second kappa shape index (κ2) is 8.03. The molecule has 9 nitrogen and oxygen atoms in total. The van der Waals surface area contributed by atoms with Crippen molar-refractivity contribution in [2.24, 2.45) is 5.92 Å². The van der Waals surface area contributed by atoms with E-state index in [1.807, 2.05) is 48.5 Å². The van der Waals surface area contributed by atoms with Crippen molar-refractivity contribution < 1.29 is 24.1 Å². The molecule has 0 radical (unpaired) electrons. The van der Waals surface area contributed by atoms with Crippen LogP contribution in [0.15, 0.2) is 78.9 Å². The van der Waals surface area contributed by atoms with Gasteiger partial charge in [-0.25, -0.2) is 9.96 Å². The Morgan fingerprint density at radius 1 is 0.879 bits per heavy atom. The number of methoxy groups -OCH3 is 1. The number of hydrogen-bond acceptors (Lipinski definition) is 7. The first-order chi connectivity index (χ1) is 16.0. The molecular formula is C24H19N3O6. The van der Waals surface area contributed by atoms with Gasteiger partial charge >= 0.3 is 0 Å². The van der Waals surface area contributed by atoms with Crippen LogP contribution in [0.3, 0.4) is 0 Å². The first-order valence-corrected chi connectivity index (χ1v) is 10.3. The van der Waals surface area contributed by atoms with Crippen LogP contribution in [-0.4, -0.2) is 30.0 Å². The van der Waals surface area contributed by atoms with Crippen molar-refractivity contribution in [2.75, 3.05) is 17.1 Å². The van der Waals surface area contributed by atoms with Gasteiger partial charge < -0.3 is 4.74 Å². The summed E-state index contributed by atoms with van der Waals surface area (Å²) in [6.45, 7) is 0. The molecule has 2 heterocycles. The van der Waals surface area contributed by atoms with Crippen LogP contribution in [0.1, 0.15) is 11.6 Å². The highest BCUT2D eigenvalue weighted by molar-refractivity contribution is 6.24. The van der Waals surface area contributed by atoms with Crippen molar-refractivity contribution in [3.8, 4) is 5.75 Å². The van der Waals surface area contributed by atoms with Gasteiger partial charge in [0, 0.05) is 17.7 Å². The quantitative estimate of drug-likeness (QED) is 0.336. The first kappa shape index (κ1) is 20.7. The second-order valence-corrected chi connectivity index (χ2v) is 7.69. The van der Waals surface area contributed by atoms with Gasteiger partial charge in [0.05, 0.1) is 29.4 Å². The number of nitro groups is 1. The van der Waals surface area contributed by atoms with Crippen molar-refractivity contribution in [3.63, 3.8) is 0 Å². The maximum Gasteiger partial charge on any atom is 0.269 e. The molecule has 5 rings (SSSR count). The van der Waals surface area contributed by atoms with E-state index in [0.717, 1.165) is 4.90 Å². The Morgan fingerprint density at radius 3 is 2.21 bits per heavy atom. The molecule has 3 aromatic carbocycles. The number of fused-ring (bicyclic) bond motifs is 1. The molecule has 0 spiro atoms. The Kier molecular flexibility index (Phi) is 5.02. The van der Waals surface area contributed by atoms with Gasteiger partial charge in [0.25, 0.3) is 11.6 Å². The van der Waals surface area contributed by atoms with Gasteiger partial charge in [-0.2, -0.15) is 0 Å². The fourth-order valence-corrected chi connectivity index (χ4v) is 4.42. The number of nitrogens with zero attached hydrogens (tertiary/aromatic N) is 3. The van der Waals surface area contributed by atoms with Crippen molar-refractivity contribution in [1.82, 2.24) is 0 Å². The molecule has 2 saturated heterocycles. The first-order valence-electron chi connectivity index (χ1n) is 10.3. The summed E-state index contributed by atoms with van der Waals surface area (Å²) >= 11 is 0. The van der Waals surface area contributed by atoms with Crippen molar-refractivity contribution in [1.29, 1.82) is 0 Å². The molecule has 0 bridgehead atoms. The largest absolute Gasteiger partial charge is 0.496 e. The molecule has 2 fully saturated rings. The highest BCUT2D eigenvalue weighted by Gasteiger charge is 2.60. The third-order valence-electron chi connectivity index (χ3n) is 5.90. The van der Waals surface area contributed by atoms with Gasteiger partial charge in [0.15, 0.2) is 6.10 Å². The zero-order valence-corrected chi connectivity index (χ0v) is 17.5. The molecule has 3 aromatic rings. The molecule has 0 saturated carbocycles. The summed E-state index contributed by atoms with van der Waals surface area (Å²) in [6, 6.07) is 21.2. The lowest BCUT2D eigenvalue weighted by Crippen LogP contribution is -2.37. The highest BCUT2D eigenvalue weighted by atomic mass is 16.7. The monoisotopic (exact) mass is 445 g/mol. The standard InChI is InChI=1S/C24H19N3O6/c1-32-19-10-6-5-9-18(19)21-20-22(33-26(21)16-7-3-2-4-8-16)24(29)25(23(20)28)15-11-13-17(14-12-15)27(30)31/h2-14,20-22H,1H3/t20-,21-,22-/m1/s1. The van der Waals surface area contributed by atoms with Crippen LogP contribution in [0, 0.1) is 16.0 Å². The lowest BCUT2D eigenvalue weighted by molar-refractivity contribution is -0.384. The predicted octanol–water partition coefficient (Wildman–Crippen LogP) is 3.65. The van der Waals surface area contributed by atoms with Crippen molar-refractivity contribution >= 4 is 28.9 Å². The molecule has 3 atom stereocenters. The van der Waals surface area contributed by atoms with E-state index in [9.17, 15) is 19.7 Å². The summed E-state index contributed by atoms with van der Waals surface area (Å²) in [7, 11) is 1.55. The summed E-state index contributed by atoms with van der Waals surface area (Å²) in [5, 5.41) is 12.6. The number of para-hydroxylation sites is 2. The summed E-state index contributed by atoms with van der Waals surface area (Å²) in [5.41, 5.74) is 1.54. The number of carbonyl (C=O) groups excluding carboxylic acids is 2. The molecule has 0 aromatic heterocycles. The number of hydrogen-bond donors (Lipinski definition) is 0. The summed E-state index contributed by atoms with van der Waals surface area (Å²) in [4.78, 5) is 44.5. The number of ether oxygens (including phenoxy) is 1. The molecule has 166 valence electrons. The van der Waals surface area contributed by atoms with Gasteiger partial charge in [-0.15, -0.1) is 0 Å². The number of hydroxylamine groups is 1. The van der Waals surface area contributed by atoms with E-state index < -0.39 is 34.8 Å². The van der Waals surface area contributed by atoms with Gasteiger partial charge in [-0.3, -0.25) is 24.5 Å². The minimum absolute atomic E-state index is 0.128. The van der Waals surface area contributed by atoms with E-state index in [0.29, 0.717) is 17.0 Å². The molecule has 2 aliphatic rings. The number of imide groups is 1. The maximum absolute atomic E-state index is 13.6. The van der Waals surface area contributed by atoms with Crippen molar-refractivity contribution in [2.45, 2.75) is 12.1 Å². The second-order valence-electron chi connectivity index (χ2n) is 7.69. The van der Waals surface area contributed by atoms with E-state index in [-0.39, 0.29) is 11.4 Å². The number of amides is 2. The van der Waals surface area contributed by atoms with Crippen LogP contribution in [0.2, 0.25) is 0 Å². The van der Waals surface area contributed by atoms with E-state index in [1.54, 1.807) is 18.2 Å². The molecule has 2 aliphatic heterocycles. The molecule has 0 unspecified atom stereocenters. The number of nitro benzene ring substituents is 1. The molecule has 2 amide bonds.